The fraction of sp³-hybridized carbons (Fsp3) is 0.440. The van der Waals surface area contributed by atoms with Gasteiger partial charge in [0.25, 0.3) is 5.91 Å². The van der Waals surface area contributed by atoms with E-state index in [1.165, 1.54) is 0 Å². The SMILES string of the molecule is NC(=O)C1=C(O)[C@@]2(O)C(=O)C3=C(O)c4c(O)c(NC(=O)CC5CC(F)C5)cc(F)c4CC3C[C@H]2CC1=O. The normalized spacial score (nSPS) is 30.8. The molecule has 2 amide bonds. The monoisotopic (exact) mass is 518 g/mol. The molecule has 1 aromatic rings. The Balaban J connectivity index is 1.55. The summed E-state index contributed by atoms with van der Waals surface area (Å²) in [6.45, 7) is 0. The van der Waals surface area contributed by atoms with E-state index in [2.05, 4.69) is 5.32 Å². The van der Waals surface area contributed by atoms with E-state index in [9.17, 15) is 44.0 Å². The van der Waals surface area contributed by atoms with E-state index in [4.69, 9.17) is 5.73 Å². The molecule has 0 heterocycles. The van der Waals surface area contributed by atoms with E-state index in [-0.39, 0.29) is 49.3 Å². The quantitative estimate of drug-likeness (QED) is 0.256. The minimum atomic E-state index is -2.73. The molecule has 0 aliphatic heterocycles. The summed E-state index contributed by atoms with van der Waals surface area (Å²) in [5.74, 6) is -9.88. The third-order valence-electron chi connectivity index (χ3n) is 7.94. The van der Waals surface area contributed by atoms with Crippen LogP contribution in [0.15, 0.2) is 23.0 Å². The Hall–Kier alpha value is -3.80. The van der Waals surface area contributed by atoms with Crippen LogP contribution in [-0.4, -0.2) is 55.6 Å². The first-order chi connectivity index (χ1) is 17.3. The fourth-order valence-electron chi connectivity index (χ4n) is 6.02. The molecule has 0 aromatic heterocycles. The maximum absolute atomic E-state index is 15.1. The van der Waals surface area contributed by atoms with Crippen LogP contribution < -0.4 is 11.1 Å². The largest absolute Gasteiger partial charge is 0.508 e. The number of hydrogen-bond acceptors (Lipinski definition) is 8. The van der Waals surface area contributed by atoms with Crippen molar-refractivity contribution < 1.29 is 48.4 Å². The Morgan fingerprint density at radius 2 is 1.81 bits per heavy atom. The lowest BCUT2D eigenvalue weighted by molar-refractivity contribution is -0.147. The summed E-state index contributed by atoms with van der Waals surface area (Å²) in [6.07, 6.45) is -1.37. The molecule has 4 aliphatic rings. The lowest BCUT2D eigenvalue weighted by atomic mass is 9.59. The van der Waals surface area contributed by atoms with Crippen LogP contribution in [0.3, 0.4) is 0 Å². The molecular weight excluding hydrogens is 494 g/mol. The number of benzene rings is 1. The van der Waals surface area contributed by atoms with Gasteiger partial charge < -0.3 is 31.5 Å². The van der Waals surface area contributed by atoms with E-state index in [0.717, 1.165) is 6.07 Å². The summed E-state index contributed by atoms with van der Waals surface area (Å²) in [4.78, 5) is 49.9. The number of ketones is 2. The van der Waals surface area contributed by atoms with Crippen LogP contribution in [0.4, 0.5) is 14.5 Å². The Morgan fingerprint density at radius 3 is 2.43 bits per heavy atom. The average molecular weight is 518 g/mol. The summed E-state index contributed by atoms with van der Waals surface area (Å²) in [6, 6.07) is 0.877. The molecule has 37 heavy (non-hydrogen) atoms. The van der Waals surface area contributed by atoms with Gasteiger partial charge in [0.1, 0.15) is 29.1 Å². The molecule has 7 N–H and O–H groups in total. The molecule has 3 atom stereocenters. The van der Waals surface area contributed by atoms with Gasteiger partial charge >= 0.3 is 0 Å². The van der Waals surface area contributed by atoms with Crippen LogP contribution in [0.1, 0.15) is 43.2 Å². The van der Waals surface area contributed by atoms with Crippen molar-refractivity contribution in [3.05, 3.63) is 39.9 Å². The molecule has 5 rings (SSSR count). The van der Waals surface area contributed by atoms with Crippen molar-refractivity contribution in [3.63, 3.8) is 0 Å². The lowest BCUT2D eigenvalue weighted by Gasteiger charge is -2.46. The zero-order chi connectivity index (χ0) is 27.0. The molecule has 2 fully saturated rings. The van der Waals surface area contributed by atoms with E-state index in [1.807, 2.05) is 0 Å². The predicted octanol–water partition coefficient (Wildman–Crippen LogP) is 1.64. The number of halogens is 2. The second-order valence-corrected chi connectivity index (χ2v) is 10.2. The number of aliphatic hydroxyl groups excluding tert-OH is 2. The van der Waals surface area contributed by atoms with Crippen LogP contribution in [0.25, 0.3) is 5.76 Å². The van der Waals surface area contributed by atoms with Gasteiger partial charge in [-0.15, -0.1) is 0 Å². The first kappa shape index (κ1) is 24.9. The number of phenolic OH excluding ortho intramolecular Hbond substituents is 1. The minimum Gasteiger partial charge on any atom is -0.508 e. The molecule has 2 saturated carbocycles. The molecule has 1 aromatic carbocycles. The molecule has 1 unspecified atom stereocenters. The third-order valence-corrected chi connectivity index (χ3v) is 7.94. The van der Waals surface area contributed by atoms with Crippen molar-refractivity contribution in [1.82, 2.24) is 0 Å². The maximum Gasteiger partial charge on any atom is 0.255 e. The van der Waals surface area contributed by atoms with Gasteiger partial charge in [-0.25, -0.2) is 8.78 Å². The van der Waals surface area contributed by atoms with Crippen molar-refractivity contribution in [2.24, 2.45) is 23.5 Å². The number of phenols is 1. The number of primary amides is 1. The number of hydrogen-bond donors (Lipinski definition) is 6. The summed E-state index contributed by atoms with van der Waals surface area (Å²) in [7, 11) is 0. The number of nitrogens with one attached hydrogen (secondary N) is 1. The van der Waals surface area contributed by atoms with Crippen LogP contribution in [-0.2, 0) is 25.6 Å². The zero-order valence-corrected chi connectivity index (χ0v) is 19.4. The summed E-state index contributed by atoms with van der Waals surface area (Å²) >= 11 is 0. The summed E-state index contributed by atoms with van der Waals surface area (Å²) in [5.41, 5.74) is 0.117. The number of anilines is 1. The van der Waals surface area contributed by atoms with Crippen molar-refractivity contribution >= 4 is 34.8 Å². The molecule has 0 spiro atoms. The number of alkyl halides is 1. The van der Waals surface area contributed by atoms with Crippen molar-refractivity contribution in [3.8, 4) is 5.75 Å². The van der Waals surface area contributed by atoms with Gasteiger partial charge in [0.15, 0.2) is 17.1 Å². The van der Waals surface area contributed by atoms with Gasteiger partial charge in [-0.3, -0.25) is 19.2 Å². The summed E-state index contributed by atoms with van der Waals surface area (Å²) < 4.78 is 28.2. The summed E-state index contributed by atoms with van der Waals surface area (Å²) in [5, 5.41) is 46.0. The molecule has 12 heteroatoms. The smallest absolute Gasteiger partial charge is 0.255 e. The minimum absolute atomic E-state index is 0.0485. The number of Topliss-reactive ketones (excluding diaryl/α,β-unsaturated/α-hetero) is 2. The zero-order valence-electron chi connectivity index (χ0n) is 19.4. The van der Waals surface area contributed by atoms with Gasteiger partial charge in [0, 0.05) is 36.0 Å². The first-order valence-corrected chi connectivity index (χ1v) is 11.8. The van der Waals surface area contributed by atoms with Gasteiger partial charge in [-0.2, -0.15) is 0 Å². The molecule has 10 nitrogen and oxygen atoms in total. The molecular formula is C25H24F2N2O8. The highest BCUT2D eigenvalue weighted by Crippen LogP contribution is 2.53. The second kappa shape index (κ2) is 8.37. The van der Waals surface area contributed by atoms with E-state index < -0.39 is 93.2 Å². The van der Waals surface area contributed by atoms with Crippen LogP contribution >= 0.6 is 0 Å². The first-order valence-electron chi connectivity index (χ1n) is 11.8. The number of amides is 2. The number of carbonyl (C=O) groups is 4. The van der Waals surface area contributed by atoms with Gasteiger partial charge in [-0.1, -0.05) is 0 Å². The number of fused-ring (bicyclic) bond motifs is 3. The molecule has 0 bridgehead atoms. The predicted molar refractivity (Wildman–Crippen MR) is 122 cm³/mol. The van der Waals surface area contributed by atoms with Gasteiger partial charge in [0.2, 0.25) is 11.7 Å². The molecule has 4 aliphatic carbocycles. The van der Waals surface area contributed by atoms with E-state index in [0.29, 0.717) is 0 Å². The Labute approximate surface area is 208 Å². The van der Waals surface area contributed by atoms with Crippen molar-refractivity contribution in [1.29, 1.82) is 0 Å². The number of nitrogens with two attached hydrogens (primary N) is 1. The molecule has 196 valence electrons. The topological polar surface area (TPSA) is 187 Å². The van der Waals surface area contributed by atoms with E-state index >= 15 is 4.39 Å². The molecule has 0 saturated heterocycles. The maximum atomic E-state index is 15.1. The van der Waals surface area contributed by atoms with Crippen molar-refractivity contribution in [2.45, 2.75) is 50.3 Å². The van der Waals surface area contributed by atoms with Crippen molar-refractivity contribution in [2.75, 3.05) is 5.32 Å². The second-order valence-electron chi connectivity index (χ2n) is 10.2. The van der Waals surface area contributed by atoms with E-state index in [1.54, 1.807) is 0 Å². The Morgan fingerprint density at radius 1 is 1.14 bits per heavy atom. The van der Waals surface area contributed by atoms with Gasteiger partial charge in [0.05, 0.1) is 11.3 Å². The highest BCUT2D eigenvalue weighted by Gasteiger charge is 2.60. The molecule has 0 radical (unpaired) electrons. The van der Waals surface area contributed by atoms with Crippen LogP contribution in [0.2, 0.25) is 0 Å². The Kier molecular flexibility index (Phi) is 5.63. The highest BCUT2D eigenvalue weighted by molar-refractivity contribution is 6.22. The standard InChI is InChI=1S/C25H24F2N2O8/c26-11-1-8(2-11)3-16(31)29-14-7-13(27)12-5-9-4-10-6-15(30)19(24(28)36)23(35)25(10,37)22(34)17(9)21(33)18(12)20(14)32/h7-11,32-33,35,37H,1-6H2,(H2,28,36)(H,29,31)/t8?,9?,10-,11?,25-/m0/s1. The van der Waals surface area contributed by atoms with Crippen LogP contribution in [0, 0.1) is 23.6 Å². The average Bonchev–Trinajstić information content (AvgIpc) is 2.78. The fourth-order valence-corrected chi connectivity index (χ4v) is 6.02. The highest BCUT2D eigenvalue weighted by atomic mass is 19.1. The number of aliphatic hydroxyl groups is 3. The van der Waals surface area contributed by atoms with Crippen LogP contribution in [0.5, 0.6) is 5.75 Å². The Bertz CT molecular complexity index is 1350. The third kappa shape index (κ3) is 3.61. The number of rotatable bonds is 4. The lowest BCUT2D eigenvalue weighted by Crippen LogP contribution is -2.58. The number of carbonyl (C=O) groups excluding carboxylic acids is 4. The number of aromatic hydroxyl groups is 1. The van der Waals surface area contributed by atoms with Gasteiger partial charge in [-0.05, 0) is 37.5 Å².